The number of methoxy groups -OCH3 is 1. The number of carbonyl (C=O) groups is 2. The molecule has 0 aliphatic rings. The van der Waals surface area contributed by atoms with Crippen LogP contribution in [0.15, 0.2) is 42.5 Å². The lowest BCUT2D eigenvalue weighted by molar-refractivity contribution is -0.116. The van der Waals surface area contributed by atoms with E-state index in [4.69, 9.17) is 9.47 Å². The molecule has 0 aliphatic carbocycles. The van der Waals surface area contributed by atoms with E-state index in [1.807, 2.05) is 0 Å². The highest BCUT2D eigenvalue weighted by atomic mass is 32.2. The molecule has 2 rings (SSSR count). The van der Waals surface area contributed by atoms with Gasteiger partial charge >= 0.3 is 0 Å². The predicted molar refractivity (Wildman–Crippen MR) is 120 cm³/mol. The van der Waals surface area contributed by atoms with Crippen molar-refractivity contribution < 1.29 is 27.5 Å². The van der Waals surface area contributed by atoms with Gasteiger partial charge in [0.2, 0.25) is 15.9 Å². The summed E-state index contributed by atoms with van der Waals surface area (Å²) in [5.74, 6) is 0.788. The molecular formula is C22H28N2O6S. The zero-order chi connectivity index (χ0) is 22.9. The maximum absolute atomic E-state index is 12.1. The fourth-order valence-corrected chi connectivity index (χ4v) is 3.90. The lowest BCUT2D eigenvalue weighted by atomic mass is 10.1. The molecule has 0 aliphatic heterocycles. The Kier molecular flexibility index (Phi) is 8.87. The number of sulfonamides is 1. The van der Waals surface area contributed by atoms with Gasteiger partial charge in [0.1, 0.15) is 0 Å². The second kappa shape index (κ2) is 11.4. The highest BCUT2D eigenvalue weighted by molar-refractivity contribution is 7.92. The first-order valence-electron chi connectivity index (χ1n) is 9.96. The van der Waals surface area contributed by atoms with Gasteiger partial charge in [0.05, 0.1) is 19.5 Å². The van der Waals surface area contributed by atoms with Crippen LogP contribution in [0.1, 0.15) is 43.5 Å². The Labute approximate surface area is 183 Å². The first-order chi connectivity index (χ1) is 14.7. The number of anilines is 2. The van der Waals surface area contributed by atoms with Gasteiger partial charge < -0.3 is 14.8 Å². The van der Waals surface area contributed by atoms with E-state index in [0.29, 0.717) is 47.9 Å². The number of nitrogens with one attached hydrogen (secondary N) is 2. The molecule has 0 unspecified atom stereocenters. The average Bonchev–Trinajstić information content (AvgIpc) is 2.72. The van der Waals surface area contributed by atoms with Crippen molar-refractivity contribution in [2.24, 2.45) is 0 Å². The maximum atomic E-state index is 12.1. The summed E-state index contributed by atoms with van der Waals surface area (Å²) in [6.45, 7) is 3.58. The summed E-state index contributed by atoms with van der Waals surface area (Å²) in [5, 5.41) is 2.76. The summed E-state index contributed by atoms with van der Waals surface area (Å²) in [6.07, 6.45) is 1.26. The molecule has 2 N–H and O–H groups in total. The number of amides is 1. The Morgan fingerprint density at radius 2 is 1.68 bits per heavy atom. The van der Waals surface area contributed by atoms with Crippen LogP contribution < -0.4 is 19.5 Å². The Morgan fingerprint density at radius 1 is 1.00 bits per heavy atom. The van der Waals surface area contributed by atoms with Gasteiger partial charge in [-0.2, -0.15) is 0 Å². The van der Waals surface area contributed by atoms with Crippen LogP contribution in [0.25, 0.3) is 0 Å². The van der Waals surface area contributed by atoms with Crippen LogP contribution in [-0.4, -0.2) is 39.6 Å². The van der Waals surface area contributed by atoms with Crippen molar-refractivity contribution in [3.05, 3.63) is 48.0 Å². The van der Waals surface area contributed by atoms with E-state index in [-0.39, 0.29) is 23.9 Å². The number of Topliss-reactive ketones (excluding diaryl/α,β-unsaturated/α-hetero) is 1. The lowest BCUT2D eigenvalue weighted by Crippen LogP contribution is -2.16. The van der Waals surface area contributed by atoms with Gasteiger partial charge in [0.15, 0.2) is 17.3 Å². The third-order valence-electron chi connectivity index (χ3n) is 4.29. The van der Waals surface area contributed by atoms with E-state index in [0.717, 1.165) is 0 Å². The van der Waals surface area contributed by atoms with Gasteiger partial charge in [0.25, 0.3) is 0 Å². The quantitative estimate of drug-likeness (QED) is 0.377. The molecule has 0 bridgehead atoms. The number of hydrogen-bond donors (Lipinski definition) is 2. The van der Waals surface area contributed by atoms with Crippen molar-refractivity contribution in [2.75, 3.05) is 29.5 Å². The van der Waals surface area contributed by atoms with Gasteiger partial charge in [-0.3, -0.25) is 14.3 Å². The van der Waals surface area contributed by atoms with Crippen LogP contribution in [0.3, 0.4) is 0 Å². The SMILES string of the molecule is CCCS(=O)(=O)Nc1ccc(NC(=O)CCCOc2ccc(C(C)=O)cc2OC)cc1. The van der Waals surface area contributed by atoms with Crippen molar-refractivity contribution in [3.8, 4) is 11.5 Å². The van der Waals surface area contributed by atoms with E-state index >= 15 is 0 Å². The third kappa shape index (κ3) is 7.93. The largest absolute Gasteiger partial charge is 0.493 e. The van der Waals surface area contributed by atoms with Crippen molar-refractivity contribution in [1.82, 2.24) is 0 Å². The van der Waals surface area contributed by atoms with Crippen molar-refractivity contribution >= 4 is 33.1 Å². The Hall–Kier alpha value is -3.07. The number of carbonyl (C=O) groups excluding carboxylic acids is 2. The molecule has 0 spiro atoms. The number of benzene rings is 2. The minimum absolute atomic E-state index is 0.0559. The molecule has 0 radical (unpaired) electrons. The molecule has 31 heavy (non-hydrogen) atoms. The second-order valence-electron chi connectivity index (χ2n) is 6.92. The van der Waals surface area contributed by atoms with Crippen LogP contribution in [0.2, 0.25) is 0 Å². The van der Waals surface area contributed by atoms with Gasteiger partial charge in [-0.15, -0.1) is 0 Å². The van der Waals surface area contributed by atoms with E-state index in [9.17, 15) is 18.0 Å². The van der Waals surface area contributed by atoms with Crippen LogP contribution in [-0.2, 0) is 14.8 Å². The van der Waals surface area contributed by atoms with Crippen LogP contribution in [0, 0.1) is 0 Å². The first kappa shape index (κ1) is 24.2. The topological polar surface area (TPSA) is 111 Å². The van der Waals surface area contributed by atoms with Crippen molar-refractivity contribution in [3.63, 3.8) is 0 Å². The van der Waals surface area contributed by atoms with E-state index in [1.54, 1.807) is 49.4 Å². The molecule has 9 heteroatoms. The first-order valence-corrected chi connectivity index (χ1v) is 11.6. The standard InChI is InChI=1S/C22H28N2O6S/c1-4-14-31(27,28)24-19-10-8-18(9-11-19)23-22(26)6-5-13-30-20-12-7-17(16(2)25)15-21(20)29-3/h7-12,15,24H,4-6,13-14H2,1-3H3,(H,23,26). The highest BCUT2D eigenvalue weighted by Crippen LogP contribution is 2.28. The Bertz CT molecular complexity index is 1000. The van der Waals surface area contributed by atoms with Gasteiger partial charge in [-0.05, 0) is 62.2 Å². The summed E-state index contributed by atoms with van der Waals surface area (Å²) in [7, 11) is -1.85. The second-order valence-corrected chi connectivity index (χ2v) is 8.76. The molecule has 2 aromatic rings. The fourth-order valence-electron chi connectivity index (χ4n) is 2.77. The summed E-state index contributed by atoms with van der Waals surface area (Å²) in [6, 6.07) is 11.4. The summed E-state index contributed by atoms with van der Waals surface area (Å²) >= 11 is 0. The molecular weight excluding hydrogens is 420 g/mol. The molecule has 8 nitrogen and oxygen atoms in total. The summed E-state index contributed by atoms with van der Waals surface area (Å²) in [5.41, 5.74) is 1.56. The number of ketones is 1. The summed E-state index contributed by atoms with van der Waals surface area (Å²) in [4.78, 5) is 23.6. The molecule has 1 amide bonds. The molecule has 0 heterocycles. The van der Waals surface area contributed by atoms with Crippen LogP contribution in [0.5, 0.6) is 11.5 Å². The molecule has 0 aromatic heterocycles. The smallest absolute Gasteiger partial charge is 0.232 e. The molecule has 168 valence electrons. The van der Waals surface area contributed by atoms with Gasteiger partial charge in [0, 0.05) is 23.4 Å². The molecule has 0 saturated carbocycles. The van der Waals surface area contributed by atoms with E-state index < -0.39 is 10.0 Å². The normalized spacial score (nSPS) is 10.9. The molecule has 0 atom stereocenters. The fraction of sp³-hybridized carbons (Fsp3) is 0.364. The zero-order valence-corrected chi connectivity index (χ0v) is 18.8. The summed E-state index contributed by atoms with van der Waals surface area (Å²) < 4.78 is 37.0. The predicted octanol–water partition coefficient (Wildman–Crippen LogP) is 3.85. The van der Waals surface area contributed by atoms with Crippen molar-refractivity contribution in [1.29, 1.82) is 0 Å². The van der Waals surface area contributed by atoms with Crippen molar-refractivity contribution in [2.45, 2.75) is 33.1 Å². The number of rotatable bonds is 12. The van der Waals surface area contributed by atoms with Crippen LogP contribution in [0.4, 0.5) is 11.4 Å². The van der Waals surface area contributed by atoms with Gasteiger partial charge in [-0.1, -0.05) is 6.92 Å². The third-order valence-corrected chi connectivity index (χ3v) is 5.78. The van der Waals surface area contributed by atoms with E-state index in [1.165, 1.54) is 14.0 Å². The lowest BCUT2D eigenvalue weighted by Gasteiger charge is -2.12. The minimum Gasteiger partial charge on any atom is -0.493 e. The van der Waals surface area contributed by atoms with Gasteiger partial charge in [-0.25, -0.2) is 8.42 Å². The molecule has 0 saturated heterocycles. The Balaban J connectivity index is 1.79. The zero-order valence-electron chi connectivity index (χ0n) is 17.9. The maximum Gasteiger partial charge on any atom is 0.232 e. The highest BCUT2D eigenvalue weighted by Gasteiger charge is 2.10. The number of ether oxygens (including phenoxy) is 2. The Morgan fingerprint density at radius 3 is 2.29 bits per heavy atom. The monoisotopic (exact) mass is 448 g/mol. The molecule has 0 fully saturated rings. The van der Waals surface area contributed by atoms with Crippen LogP contribution >= 0.6 is 0 Å². The minimum atomic E-state index is -3.35. The molecule has 2 aromatic carbocycles. The number of hydrogen-bond acceptors (Lipinski definition) is 6. The van der Waals surface area contributed by atoms with E-state index in [2.05, 4.69) is 10.0 Å². The average molecular weight is 449 g/mol.